The molecular formula is C19H22FN3O3. The Morgan fingerprint density at radius 3 is 2.96 bits per heavy atom. The summed E-state index contributed by atoms with van der Waals surface area (Å²) in [6.07, 6.45) is 4.56. The predicted molar refractivity (Wildman–Crippen MR) is 94.4 cm³/mol. The first-order valence-corrected chi connectivity index (χ1v) is 9.04. The van der Waals surface area contributed by atoms with Crippen LogP contribution in [0.25, 0.3) is 11.0 Å². The quantitative estimate of drug-likeness (QED) is 0.855. The highest BCUT2D eigenvalue weighted by Crippen LogP contribution is 2.32. The maximum absolute atomic E-state index is 13.3. The number of fused-ring (bicyclic) bond motifs is 1. The summed E-state index contributed by atoms with van der Waals surface area (Å²) in [5.74, 6) is -0.102. The standard InChI is InChI=1S/C19H22FN3O3/c20-15-1-2-16-17(11-15)26-22-18(16)14-3-7-23(8-4-14)19(24)21-12-13-5-9-25-10-6-13/h1-2,5,11,14H,3-4,6-10,12H2,(H,21,24). The van der Waals surface area contributed by atoms with E-state index < -0.39 is 0 Å². The first kappa shape index (κ1) is 17.0. The van der Waals surface area contributed by atoms with Crippen molar-refractivity contribution in [3.05, 3.63) is 41.4 Å². The third-order valence-corrected chi connectivity index (χ3v) is 5.15. The Morgan fingerprint density at radius 2 is 2.19 bits per heavy atom. The van der Waals surface area contributed by atoms with Gasteiger partial charge in [0, 0.05) is 37.0 Å². The van der Waals surface area contributed by atoms with Gasteiger partial charge in [-0.1, -0.05) is 16.8 Å². The van der Waals surface area contributed by atoms with E-state index in [1.54, 1.807) is 6.07 Å². The third kappa shape index (κ3) is 3.58. The molecule has 6 nitrogen and oxygen atoms in total. The molecule has 0 bridgehead atoms. The second kappa shape index (κ2) is 7.45. The molecule has 0 spiro atoms. The summed E-state index contributed by atoms with van der Waals surface area (Å²) in [6, 6.07) is 4.48. The normalized spacial score (nSPS) is 18.8. The van der Waals surface area contributed by atoms with E-state index in [0.29, 0.717) is 31.8 Å². The SMILES string of the molecule is O=C(NCC1=CCOCC1)N1CCC(c2noc3cc(F)ccc23)CC1. The minimum absolute atomic E-state index is 0.0251. The maximum Gasteiger partial charge on any atom is 0.317 e. The van der Waals surface area contributed by atoms with Gasteiger partial charge in [-0.05, 0) is 31.4 Å². The molecule has 3 heterocycles. The summed E-state index contributed by atoms with van der Waals surface area (Å²) in [6.45, 7) is 3.29. The number of piperidine rings is 1. The van der Waals surface area contributed by atoms with Crippen LogP contribution in [-0.2, 0) is 4.74 Å². The van der Waals surface area contributed by atoms with Crippen LogP contribution in [0, 0.1) is 5.82 Å². The number of halogens is 1. The minimum atomic E-state index is -0.327. The van der Waals surface area contributed by atoms with Crippen molar-refractivity contribution >= 4 is 17.0 Å². The van der Waals surface area contributed by atoms with Gasteiger partial charge < -0.3 is 19.5 Å². The fourth-order valence-corrected chi connectivity index (χ4v) is 3.61. The predicted octanol–water partition coefficient (Wildman–Crippen LogP) is 3.20. The number of rotatable bonds is 3. The van der Waals surface area contributed by atoms with E-state index in [2.05, 4.69) is 10.5 Å². The first-order chi connectivity index (χ1) is 12.7. The molecular weight excluding hydrogens is 337 g/mol. The molecule has 0 saturated carbocycles. The van der Waals surface area contributed by atoms with Crippen molar-refractivity contribution in [3.63, 3.8) is 0 Å². The monoisotopic (exact) mass is 359 g/mol. The van der Waals surface area contributed by atoms with Crippen molar-refractivity contribution < 1.29 is 18.4 Å². The fraction of sp³-hybridized carbons (Fsp3) is 0.474. The Labute approximate surface area is 151 Å². The lowest BCUT2D eigenvalue weighted by Crippen LogP contribution is -2.44. The van der Waals surface area contributed by atoms with E-state index in [0.717, 1.165) is 36.9 Å². The number of carbonyl (C=O) groups excluding carboxylic acids is 1. The van der Waals surface area contributed by atoms with Crippen molar-refractivity contribution in [2.75, 3.05) is 32.8 Å². The molecule has 7 heteroatoms. The zero-order valence-corrected chi connectivity index (χ0v) is 14.5. The number of nitrogens with zero attached hydrogens (tertiary/aromatic N) is 2. The Bertz CT molecular complexity index is 825. The van der Waals surface area contributed by atoms with Gasteiger partial charge >= 0.3 is 6.03 Å². The van der Waals surface area contributed by atoms with E-state index in [4.69, 9.17) is 9.26 Å². The molecule has 1 saturated heterocycles. The van der Waals surface area contributed by atoms with E-state index >= 15 is 0 Å². The fourth-order valence-electron chi connectivity index (χ4n) is 3.61. The lowest BCUT2D eigenvalue weighted by molar-refractivity contribution is 0.153. The topological polar surface area (TPSA) is 67.6 Å². The van der Waals surface area contributed by atoms with Crippen molar-refractivity contribution in [1.82, 2.24) is 15.4 Å². The zero-order valence-electron chi connectivity index (χ0n) is 14.5. The number of benzene rings is 1. The van der Waals surface area contributed by atoms with Crippen LogP contribution in [0.15, 0.2) is 34.4 Å². The molecule has 0 atom stereocenters. The largest absolute Gasteiger partial charge is 0.377 e. The minimum Gasteiger partial charge on any atom is -0.377 e. The van der Waals surface area contributed by atoms with Gasteiger partial charge in [0.15, 0.2) is 5.58 Å². The molecule has 0 aliphatic carbocycles. The summed E-state index contributed by atoms with van der Waals surface area (Å²) in [4.78, 5) is 14.2. The van der Waals surface area contributed by atoms with E-state index in [-0.39, 0.29) is 17.8 Å². The molecule has 0 radical (unpaired) electrons. The van der Waals surface area contributed by atoms with Crippen LogP contribution in [0.2, 0.25) is 0 Å². The number of hydrogen-bond acceptors (Lipinski definition) is 4. The summed E-state index contributed by atoms with van der Waals surface area (Å²) in [5.41, 5.74) is 2.57. The van der Waals surface area contributed by atoms with Crippen LogP contribution in [-0.4, -0.2) is 48.9 Å². The first-order valence-electron chi connectivity index (χ1n) is 9.04. The number of amides is 2. The third-order valence-electron chi connectivity index (χ3n) is 5.15. The Hall–Kier alpha value is -2.41. The molecule has 2 aromatic rings. The zero-order chi connectivity index (χ0) is 17.9. The van der Waals surface area contributed by atoms with Gasteiger partial charge in [0.2, 0.25) is 0 Å². The Balaban J connectivity index is 1.33. The van der Waals surface area contributed by atoms with Gasteiger partial charge in [-0.3, -0.25) is 0 Å². The van der Waals surface area contributed by atoms with E-state index in [9.17, 15) is 9.18 Å². The second-order valence-corrected chi connectivity index (χ2v) is 6.82. The lowest BCUT2D eigenvalue weighted by Gasteiger charge is -2.31. The molecule has 1 N–H and O–H groups in total. The number of urea groups is 1. The van der Waals surface area contributed by atoms with Crippen LogP contribution in [0.1, 0.15) is 30.9 Å². The van der Waals surface area contributed by atoms with Gasteiger partial charge in [0.25, 0.3) is 0 Å². The van der Waals surface area contributed by atoms with Gasteiger partial charge in [0.1, 0.15) is 5.82 Å². The highest BCUT2D eigenvalue weighted by Gasteiger charge is 2.27. The van der Waals surface area contributed by atoms with E-state index in [1.165, 1.54) is 17.7 Å². The average molecular weight is 359 g/mol. The van der Waals surface area contributed by atoms with Crippen LogP contribution >= 0.6 is 0 Å². The summed E-state index contributed by atoms with van der Waals surface area (Å²) in [7, 11) is 0. The van der Waals surface area contributed by atoms with Gasteiger partial charge in [-0.25, -0.2) is 9.18 Å². The molecule has 26 heavy (non-hydrogen) atoms. The van der Waals surface area contributed by atoms with Gasteiger partial charge in [-0.15, -0.1) is 0 Å². The number of ether oxygens (including phenoxy) is 1. The smallest absolute Gasteiger partial charge is 0.317 e. The summed E-state index contributed by atoms with van der Waals surface area (Å²) >= 11 is 0. The Kier molecular flexibility index (Phi) is 4.88. The maximum atomic E-state index is 13.3. The number of likely N-dealkylation sites (tertiary alicyclic amines) is 1. The average Bonchev–Trinajstić information content (AvgIpc) is 3.10. The number of carbonyl (C=O) groups is 1. The summed E-state index contributed by atoms with van der Waals surface area (Å²) < 4.78 is 23.8. The Morgan fingerprint density at radius 1 is 1.35 bits per heavy atom. The van der Waals surface area contributed by atoms with Crippen molar-refractivity contribution in [2.24, 2.45) is 0 Å². The second-order valence-electron chi connectivity index (χ2n) is 6.82. The molecule has 2 amide bonds. The molecule has 2 aliphatic rings. The van der Waals surface area contributed by atoms with Crippen molar-refractivity contribution in [2.45, 2.75) is 25.2 Å². The highest BCUT2D eigenvalue weighted by molar-refractivity contribution is 5.80. The van der Waals surface area contributed by atoms with Crippen LogP contribution in [0.4, 0.5) is 9.18 Å². The number of hydrogen-bond donors (Lipinski definition) is 1. The molecule has 2 aliphatic heterocycles. The van der Waals surface area contributed by atoms with Gasteiger partial charge in [-0.2, -0.15) is 0 Å². The molecule has 1 fully saturated rings. The van der Waals surface area contributed by atoms with Crippen LogP contribution in [0.5, 0.6) is 0 Å². The molecule has 4 rings (SSSR count). The van der Waals surface area contributed by atoms with Crippen LogP contribution in [0.3, 0.4) is 0 Å². The van der Waals surface area contributed by atoms with Crippen LogP contribution < -0.4 is 5.32 Å². The van der Waals surface area contributed by atoms with Gasteiger partial charge in [0.05, 0.1) is 18.9 Å². The molecule has 138 valence electrons. The molecule has 0 unspecified atom stereocenters. The van der Waals surface area contributed by atoms with Crippen molar-refractivity contribution in [1.29, 1.82) is 0 Å². The number of nitrogens with one attached hydrogen (secondary N) is 1. The van der Waals surface area contributed by atoms with Crippen molar-refractivity contribution in [3.8, 4) is 0 Å². The highest BCUT2D eigenvalue weighted by atomic mass is 19.1. The lowest BCUT2D eigenvalue weighted by atomic mass is 9.92. The van der Waals surface area contributed by atoms with E-state index in [1.807, 2.05) is 11.0 Å². The molecule has 1 aromatic heterocycles. The molecule has 1 aromatic carbocycles. The summed E-state index contributed by atoms with van der Waals surface area (Å²) in [5, 5.41) is 8.00. The number of aromatic nitrogens is 1.